The van der Waals surface area contributed by atoms with E-state index >= 15 is 0 Å². The summed E-state index contributed by atoms with van der Waals surface area (Å²) in [6.07, 6.45) is 3.86. The molecule has 1 saturated carbocycles. The van der Waals surface area contributed by atoms with Gasteiger partial charge >= 0.3 is 0 Å². The lowest BCUT2D eigenvalue weighted by Crippen LogP contribution is -2.32. The zero-order chi connectivity index (χ0) is 15.6. The second-order valence-electron chi connectivity index (χ2n) is 5.81. The molecule has 4 heteroatoms. The number of rotatable bonds is 5. The first-order chi connectivity index (χ1) is 10.6. The minimum absolute atomic E-state index is 0.0735. The van der Waals surface area contributed by atoms with Crippen molar-refractivity contribution in [3.05, 3.63) is 65.7 Å². The molecule has 22 heavy (non-hydrogen) atoms. The van der Waals surface area contributed by atoms with Crippen LogP contribution in [0, 0.1) is 0 Å². The molecule has 1 amide bonds. The zero-order valence-corrected chi connectivity index (χ0v) is 13.4. The molecular formula is C18H19NO2S. The summed E-state index contributed by atoms with van der Waals surface area (Å²) in [5, 5.41) is 3.03. The Hall–Kier alpha value is -1.94. The van der Waals surface area contributed by atoms with Crippen LogP contribution in [0.4, 0.5) is 0 Å². The molecule has 0 aromatic heterocycles. The summed E-state index contributed by atoms with van der Waals surface area (Å²) >= 11 is 0. The Bertz CT molecular complexity index is 691. The average molecular weight is 313 g/mol. The standard InChI is InChI=1S/C18H19NO2S/c1-22(21)16-9-7-14(8-10-16)17(20)19-13-18(11-12-18)15-5-3-2-4-6-15/h2-10H,11-13H2,1H3,(H,19,20). The molecule has 1 fully saturated rings. The Labute approximate surface area is 133 Å². The van der Waals surface area contributed by atoms with E-state index in [1.54, 1.807) is 30.5 Å². The van der Waals surface area contributed by atoms with Gasteiger partial charge in [-0.2, -0.15) is 0 Å². The van der Waals surface area contributed by atoms with E-state index in [9.17, 15) is 9.00 Å². The van der Waals surface area contributed by atoms with Crippen LogP contribution in [0.2, 0.25) is 0 Å². The molecule has 114 valence electrons. The highest BCUT2D eigenvalue weighted by atomic mass is 32.2. The van der Waals surface area contributed by atoms with Crippen LogP contribution in [0.15, 0.2) is 59.5 Å². The van der Waals surface area contributed by atoms with Crippen molar-refractivity contribution in [3.8, 4) is 0 Å². The molecule has 1 aliphatic carbocycles. The quantitative estimate of drug-likeness (QED) is 0.922. The van der Waals surface area contributed by atoms with Crippen LogP contribution < -0.4 is 5.32 Å². The zero-order valence-electron chi connectivity index (χ0n) is 12.5. The first-order valence-electron chi connectivity index (χ1n) is 7.38. The van der Waals surface area contributed by atoms with Gasteiger partial charge in [-0.3, -0.25) is 9.00 Å². The SMILES string of the molecule is CS(=O)c1ccc(C(=O)NCC2(c3ccccc3)CC2)cc1. The van der Waals surface area contributed by atoms with Crippen LogP contribution in [-0.2, 0) is 16.2 Å². The Balaban J connectivity index is 1.64. The van der Waals surface area contributed by atoms with E-state index in [0.717, 1.165) is 17.7 Å². The lowest BCUT2D eigenvalue weighted by atomic mass is 9.96. The summed E-state index contributed by atoms with van der Waals surface area (Å²) in [6, 6.07) is 17.3. The molecule has 3 nitrogen and oxygen atoms in total. The summed E-state index contributed by atoms with van der Waals surface area (Å²) in [5.74, 6) is -0.0735. The van der Waals surface area contributed by atoms with E-state index in [4.69, 9.17) is 0 Å². The van der Waals surface area contributed by atoms with Crippen molar-refractivity contribution in [2.24, 2.45) is 0 Å². The summed E-state index contributed by atoms with van der Waals surface area (Å²) in [7, 11) is -1.01. The van der Waals surface area contributed by atoms with Gasteiger partial charge in [-0.1, -0.05) is 30.3 Å². The van der Waals surface area contributed by atoms with Crippen LogP contribution in [0.5, 0.6) is 0 Å². The third-order valence-electron chi connectivity index (χ3n) is 4.28. The maximum atomic E-state index is 12.2. The molecule has 0 aliphatic heterocycles. The van der Waals surface area contributed by atoms with Crippen molar-refractivity contribution in [2.75, 3.05) is 12.8 Å². The van der Waals surface area contributed by atoms with Gasteiger partial charge in [-0.15, -0.1) is 0 Å². The second kappa shape index (κ2) is 6.05. The fourth-order valence-electron chi connectivity index (χ4n) is 2.66. The summed E-state index contributed by atoms with van der Waals surface area (Å²) in [4.78, 5) is 13.0. The molecule has 0 saturated heterocycles. The molecule has 1 aliphatic rings. The third-order valence-corrected chi connectivity index (χ3v) is 5.21. The van der Waals surface area contributed by atoms with E-state index < -0.39 is 10.8 Å². The first kappa shape index (κ1) is 15.0. The summed E-state index contributed by atoms with van der Waals surface area (Å²) < 4.78 is 11.4. The Morgan fingerprint density at radius 2 is 1.73 bits per heavy atom. The maximum absolute atomic E-state index is 12.2. The van der Waals surface area contributed by atoms with Crippen molar-refractivity contribution in [2.45, 2.75) is 23.2 Å². The van der Waals surface area contributed by atoms with E-state index in [1.165, 1.54) is 5.56 Å². The van der Waals surface area contributed by atoms with Crippen molar-refractivity contribution >= 4 is 16.7 Å². The molecule has 0 heterocycles. The van der Waals surface area contributed by atoms with Gasteiger partial charge < -0.3 is 5.32 Å². The highest BCUT2D eigenvalue weighted by Crippen LogP contribution is 2.47. The second-order valence-corrected chi connectivity index (χ2v) is 7.19. The molecule has 2 aromatic rings. The number of nitrogens with one attached hydrogen (secondary N) is 1. The van der Waals surface area contributed by atoms with E-state index in [-0.39, 0.29) is 11.3 Å². The molecule has 1 atom stereocenters. The predicted octanol–water partition coefficient (Wildman–Crippen LogP) is 2.89. The predicted molar refractivity (Wildman–Crippen MR) is 88.5 cm³/mol. The average Bonchev–Trinajstić information content (AvgIpc) is 3.35. The van der Waals surface area contributed by atoms with Crippen LogP contribution in [0.25, 0.3) is 0 Å². The van der Waals surface area contributed by atoms with Gasteiger partial charge in [-0.25, -0.2) is 0 Å². The molecule has 1 unspecified atom stereocenters. The number of carbonyl (C=O) groups excluding carboxylic acids is 1. The lowest BCUT2D eigenvalue weighted by Gasteiger charge is -2.16. The molecule has 0 bridgehead atoms. The summed E-state index contributed by atoms with van der Waals surface area (Å²) in [6.45, 7) is 0.664. The molecule has 3 rings (SSSR count). The van der Waals surface area contributed by atoms with Crippen LogP contribution >= 0.6 is 0 Å². The Morgan fingerprint density at radius 3 is 2.27 bits per heavy atom. The molecule has 2 aromatic carbocycles. The van der Waals surface area contributed by atoms with Gasteiger partial charge in [0.15, 0.2) is 0 Å². The van der Waals surface area contributed by atoms with Gasteiger partial charge in [0, 0.05) is 39.5 Å². The normalized spacial score (nSPS) is 16.8. The van der Waals surface area contributed by atoms with E-state index in [1.807, 2.05) is 18.2 Å². The van der Waals surface area contributed by atoms with Crippen molar-refractivity contribution in [3.63, 3.8) is 0 Å². The number of carbonyl (C=O) groups is 1. The van der Waals surface area contributed by atoms with Crippen LogP contribution in [0.3, 0.4) is 0 Å². The fraction of sp³-hybridized carbons (Fsp3) is 0.278. The summed E-state index contributed by atoms with van der Waals surface area (Å²) in [5.41, 5.74) is 2.02. The van der Waals surface area contributed by atoms with E-state index in [2.05, 4.69) is 17.4 Å². The van der Waals surface area contributed by atoms with Gasteiger partial charge in [0.05, 0.1) is 0 Å². The number of hydrogen-bond donors (Lipinski definition) is 1. The minimum Gasteiger partial charge on any atom is -0.351 e. The van der Waals surface area contributed by atoms with Gasteiger partial charge in [0.1, 0.15) is 0 Å². The first-order valence-corrected chi connectivity index (χ1v) is 8.94. The van der Waals surface area contributed by atoms with Crippen molar-refractivity contribution in [1.82, 2.24) is 5.32 Å². The topological polar surface area (TPSA) is 46.2 Å². The molecular weight excluding hydrogens is 294 g/mol. The maximum Gasteiger partial charge on any atom is 0.251 e. The van der Waals surface area contributed by atoms with Crippen LogP contribution in [-0.4, -0.2) is 22.9 Å². The lowest BCUT2D eigenvalue weighted by molar-refractivity contribution is 0.0949. The smallest absolute Gasteiger partial charge is 0.251 e. The highest BCUT2D eigenvalue weighted by Gasteiger charge is 2.44. The fourth-order valence-corrected chi connectivity index (χ4v) is 3.18. The minimum atomic E-state index is -1.01. The van der Waals surface area contributed by atoms with E-state index in [0.29, 0.717) is 12.1 Å². The number of hydrogen-bond acceptors (Lipinski definition) is 2. The molecule has 1 N–H and O–H groups in total. The van der Waals surface area contributed by atoms with Crippen molar-refractivity contribution < 1.29 is 9.00 Å². The molecule has 0 radical (unpaired) electrons. The van der Waals surface area contributed by atoms with Gasteiger partial charge in [0.25, 0.3) is 5.91 Å². The monoisotopic (exact) mass is 313 g/mol. The van der Waals surface area contributed by atoms with Gasteiger partial charge in [-0.05, 0) is 42.7 Å². The number of benzene rings is 2. The third kappa shape index (κ3) is 3.12. The Morgan fingerprint density at radius 1 is 1.09 bits per heavy atom. The largest absolute Gasteiger partial charge is 0.351 e. The van der Waals surface area contributed by atoms with Crippen molar-refractivity contribution in [1.29, 1.82) is 0 Å². The molecule has 0 spiro atoms. The number of amides is 1. The Kier molecular flexibility index (Phi) is 4.12. The van der Waals surface area contributed by atoms with Crippen LogP contribution in [0.1, 0.15) is 28.8 Å². The van der Waals surface area contributed by atoms with Gasteiger partial charge in [0.2, 0.25) is 0 Å². The highest BCUT2D eigenvalue weighted by molar-refractivity contribution is 7.84.